The first kappa shape index (κ1) is 17.9. The number of hydrogen-bond acceptors (Lipinski definition) is 6. The normalized spacial score (nSPS) is 11.5. The van der Waals surface area contributed by atoms with Gasteiger partial charge in [-0.3, -0.25) is 9.36 Å². The molecule has 0 aliphatic heterocycles. The molecule has 0 spiro atoms. The molecular weight excluding hydrogens is 356 g/mol. The van der Waals surface area contributed by atoms with Crippen molar-refractivity contribution in [1.82, 2.24) is 20.0 Å². The van der Waals surface area contributed by atoms with E-state index in [-0.39, 0.29) is 11.1 Å². The zero-order valence-electron chi connectivity index (χ0n) is 14.6. The number of nitrogens with one attached hydrogen (secondary N) is 1. The molecule has 2 aromatic heterocycles. The van der Waals surface area contributed by atoms with Gasteiger partial charge < -0.3 is 9.84 Å². The minimum atomic E-state index is -3.49. The summed E-state index contributed by atoms with van der Waals surface area (Å²) in [6.45, 7) is 3.89. The molecule has 136 valence electrons. The van der Waals surface area contributed by atoms with Crippen LogP contribution in [0, 0.1) is 13.8 Å². The SMILES string of the molecule is Cc1noc(C)c1CNC(=O)c1cccc(-n2ccnc2S(C)(=O)=O)c1. The van der Waals surface area contributed by atoms with E-state index in [1.54, 1.807) is 31.2 Å². The monoisotopic (exact) mass is 374 g/mol. The highest BCUT2D eigenvalue weighted by atomic mass is 32.2. The van der Waals surface area contributed by atoms with E-state index in [4.69, 9.17) is 4.52 Å². The van der Waals surface area contributed by atoms with Crippen LogP contribution in [0.4, 0.5) is 0 Å². The predicted octanol–water partition coefficient (Wildman–Crippen LogP) is 1.81. The Hall–Kier alpha value is -2.94. The third-order valence-corrected chi connectivity index (χ3v) is 4.90. The molecule has 1 N–H and O–H groups in total. The van der Waals surface area contributed by atoms with Gasteiger partial charge in [0, 0.05) is 42.0 Å². The lowest BCUT2D eigenvalue weighted by atomic mass is 10.1. The number of benzene rings is 1. The standard InChI is InChI=1S/C17H18N4O4S/c1-11-15(12(2)25-20-11)10-19-16(22)13-5-4-6-14(9-13)21-8-7-18-17(21)26(3,23)24/h4-9H,10H2,1-3H3,(H,19,22). The summed E-state index contributed by atoms with van der Waals surface area (Å²) in [6.07, 6.45) is 4.03. The molecule has 0 aliphatic carbocycles. The first-order chi connectivity index (χ1) is 12.3. The quantitative estimate of drug-likeness (QED) is 0.730. The third-order valence-electron chi connectivity index (χ3n) is 3.93. The van der Waals surface area contributed by atoms with Gasteiger partial charge in [-0.1, -0.05) is 11.2 Å². The molecule has 0 saturated carbocycles. The molecule has 26 heavy (non-hydrogen) atoms. The number of carbonyl (C=O) groups excluding carboxylic acids is 1. The highest BCUT2D eigenvalue weighted by molar-refractivity contribution is 7.90. The molecule has 0 unspecified atom stereocenters. The van der Waals surface area contributed by atoms with Crippen LogP contribution in [0.2, 0.25) is 0 Å². The summed E-state index contributed by atoms with van der Waals surface area (Å²) in [5.41, 5.74) is 2.51. The van der Waals surface area contributed by atoms with E-state index in [0.29, 0.717) is 23.6 Å². The molecule has 1 amide bonds. The summed E-state index contributed by atoms with van der Waals surface area (Å²) in [5, 5.41) is 6.59. The molecule has 0 bridgehead atoms. The largest absolute Gasteiger partial charge is 0.361 e. The maximum atomic E-state index is 12.5. The van der Waals surface area contributed by atoms with E-state index in [1.165, 1.54) is 17.0 Å². The van der Waals surface area contributed by atoms with E-state index in [9.17, 15) is 13.2 Å². The number of aromatic nitrogens is 3. The van der Waals surface area contributed by atoms with E-state index in [0.717, 1.165) is 17.5 Å². The molecule has 1 aromatic carbocycles. The Kier molecular flexibility index (Phi) is 4.64. The number of nitrogens with zero attached hydrogens (tertiary/aromatic N) is 3. The number of amides is 1. The maximum Gasteiger partial charge on any atom is 0.251 e. The van der Waals surface area contributed by atoms with Gasteiger partial charge in [0.2, 0.25) is 15.0 Å². The van der Waals surface area contributed by atoms with Crippen LogP contribution in [0.5, 0.6) is 0 Å². The molecule has 0 aliphatic rings. The summed E-state index contributed by atoms with van der Waals surface area (Å²) in [6, 6.07) is 6.66. The van der Waals surface area contributed by atoms with Gasteiger partial charge in [-0.25, -0.2) is 13.4 Å². The zero-order chi connectivity index (χ0) is 18.9. The minimum Gasteiger partial charge on any atom is -0.361 e. The van der Waals surface area contributed by atoms with Gasteiger partial charge >= 0.3 is 0 Å². The topological polar surface area (TPSA) is 107 Å². The van der Waals surface area contributed by atoms with Crippen molar-refractivity contribution in [3.63, 3.8) is 0 Å². The number of imidazole rings is 1. The summed E-state index contributed by atoms with van der Waals surface area (Å²) in [7, 11) is -3.49. The van der Waals surface area contributed by atoms with Crippen LogP contribution < -0.4 is 5.32 Å². The Morgan fingerprint density at radius 2 is 2.08 bits per heavy atom. The number of carbonyl (C=O) groups is 1. The zero-order valence-corrected chi connectivity index (χ0v) is 15.4. The molecule has 9 heteroatoms. The molecule has 2 heterocycles. The van der Waals surface area contributed by atoms with Gasteiger partial charge in [-0.2, -0.15) is 0 Å². The predicted molar refractivity (Wildman–Crippen MR) is 93.8 cm³/mol. The molecule has 0 saturated heterocycles. The smallest absolute Gasteiger partial charge is 0.251 e. The molecule has 8 nitrogen and oxygen atoms in total. The summed E-state index contributed by atoms with van der Waals surface area (Å²) in [5.74, 6) is 0.376. The van der Waals surface area contributed by atoms with Gasteiger partial charge in [0.05, 0.1) is 5.69 Å². The fraction of sp³-hybridized carbons (Fsp3) is 0.235. The Labute approximate surface area is 150 Å². The average Bonchev–Trinajstić information content (AvgIpc) is 3.20. The van der Waals surface area contributed by atoms with Crippen LogP contribution in [0.15, 0.2) is 46.3 Å². The van der Waals surface area contributed by atoms with Crippen molar-refractivity contribution in [3.05, 3.63) is 59.2 Å². The van der Waals surface area contributed by atoms with Crippen LogP contribution >= 0.6 is 0 Å². The Morgan fingerprint density at radius 3 is 2.73 bits per heavy atom. The van der Waals surface area contributed by atoms with Crippen molar-refractivity contribution in [1.29, 1.82) is 0 Å². The third kappa shape index (κ3) is 3.52. The first-order valence-corrected chi connectivity index (χ1v) is 9.70. The summed E-state index contributed by atoms with van der Waals surface area (Å²) >= 11 is 0. The van der Waals surface area contributed by atoms with Crippen LogP contribution in [0.3, 0.4) is 0 Å². The molecular formula is C17H18N4O4S. The van der Waals surface area contributed by atoms with Crippen LogP contribution in [-0.4, -0.2) is 35.3 Å². The number of aryl methyl sites for hydroxylation is 2. The lowest BCUT2D eigenvalue weighted by Crippen LogP contribution is -2.23. The molecule has 3 aromatic rings. The van der Waals surface area contributed by atoms with Gasteiger partial charge in [0.25, 0.3) is 5.91 Å². The lowest BCUT2D eigenvalue weighted by Gasteiger charge is -2.09. The van der Waals surface area contributed by atoms with E-state index in [2.05, 4.69) is 15.5 Å². The molecule has 0 radical (unpaired) electrons. The summed E-state index contributed by atoms with van der Waals surface area (Å²) < 4.78 is 30.2. The Balaban J connectivity index is 1.84. The Morgan fingerprint density at radius 1 is 1.31 bits per heavy atom. The van der Waals surface area contributed by atoms with Crippen molar-refractivity contribution >= 4 is 15.7 Å². The number of hydrogen-bond donors (Lipinski definition) is 1. The minimum absolute atomic E-state index is 0.0780. The van der Waals surface area contributed by atoms with E-state index >= 15 is 0 Å². The lowest BCUT2D eigenvalue weighted by molar-refractivity contribution is 0.0950. The van der Waals surface area contributed by atoms with Crippen molar-refractivity contribution in [2.75, 3.05) is 6.26 Å². The Bertz CT molecular complexity index is 1050. The molecule has 0 atom stereocenters. The average molecular weight is 374 g/mol. The maximum absolute atomic E-state index is 12.5. The van der Waals surface area contributed by atoms with Crippen LogP contribution in [0.25, 0.3) is 5.69 Å². The second kappa shape index (κ2) is 6.75. The van der Waals surface area contributed by atoms with Gasteiger partial charge in [-0.15, -0.1) is 0 Å². The molecule has 3 rings (SSSR count). The summed E-state index contributed by atoms with van der Waals surface area (Å²) in [4.78, 5) is 16.3. The fourth-order valence-electron chi connectivity index (χ4n) is 2.58. The van der Waals surface area contributed by atoms with Crippen molar-refractivity contribution in [2.24, 2.45) is 0 Å². The highest BCUT2D eigenvalue weighted by Gasteiger charge is 2.17. The van der Waals surface area contributed by atoms with Gasteiger partial charge in [0.1, 0.15) is 5.76 Å². The number of sulfone groups is 1. The van der Waals surface area contributed by atoms with Crippen molar-refractivity contribution in [3.8, 4) is 5.69 Å². The first-order valence-electron chi connectivity index (χ1n) is 7.81. The van der Waals surface area contributed by atoms with Gasteiger partial charge in [-0.05, 0) is 32.0 Å². The fourth-order valence-corrected chi connectivity index (χ4v) is 3.36. The van der Waals surface area contributed by atoms with E-state index < -0.39 is 9.84 Å². The second-order valence-electron chi connectivity index (χ2n) is 5.89. The van der Waals surface area contributed by atoms with Gasteiger partial charge in [0.15, 0.2) is 0 Å². The van der Waals surface area contributed by atoms with E-state index in [1.807, 2.05) is 6.92 Å². The second-order valence-corrected chi connectivity index (χ2v) is 7.80. The highest BCUT2D eigenvalue weighted by Crippen LogP contribution is 2.17. The van der Waals surface area contributed by atoms with Crippen LogP contribution in [0.1, 0.15) is 27.4 Å². The van der Waals surface area contributed by atoms with Crippen molar-refractivity contribution < 1.29 is 17.7 Å². The number of rotatable bonds is 5. The molecule has 0 fully saturated rings. The van der Waals surface area contributed by atoms with Crippen molar-refractivity contribution in [2.45, 2.75) is 25.5 Å². The van der Waals surface area contributed by atoms with Crippen LogP contribution in [-0.2, 0) is 16.4 Å².